The molecule has 0 aromatic carbocycles. The van der Waals surface area contributed by atoms with Crippen LogP contribution in [0.5, 0.6) is 0 Å². The maximum absolute atomic E-state index is 11.4. The summed E-state index contributed by atoms with van der Waals surface area (Å²) in [6.45, 7) is 6.30. The van der Waals surface area contributed by atoms with Gasteiger partial charge in [-0.05, 0) is 33.2 Å². The first-order chi connectivity index (χ1) is 7.52. The Bertz CT molecular complexity index is 367. The van der Waals surface area contributed by atoms with Crippen LogP contribution < -0.4 is 15.6 Å². The summed E-state index contributed by atoms with van der Waals surface area (Å²) in [4.78, 5) is 13.5. The first kappa shape index (κ1) is 12.9. The lowest BCUT2D eigenvalue weighted by molar-refractivity contribution is -0.785. The summed E-state index contributed by atoms with van der Waals surface area (Å²) in [7, 11) is 4.03. The van der Waals surface area contributed by atoms with Crippen molar-refractivity contribution in [2.45, 2.75) is 26.4 Å². The van der Waals surface area contributed by atoms with Crippen molar-refractivity contribution in [3.05, 3.63) is 16.1 Å². The van der Waals surface area contributed by atoms with Crippen LogP contribution in [0.4, 0.5) is 0 Å². The van der Waals surface area contributed by atoms with Crippen molar-refractivity contribution in [2.24, 2.45) is 0 Å². The maximum atomic E-state index is 11.4. The summed E-state index contributed by atoms with van der Waals surface area (Å²) in [5.74, 6) is 0. The number of H-pyrrole nitrogens is 1. The number of nitrogens with one attached hydrogen (secondary N) is 2. The minimum absolute atomic E-state index is 0.192. The fraction of sp³-hybridized carbons (Fsp3) is 0.800. The Hall–Kier alpha value is -1.14. The lowest BCUT2D eigenvalue weighted by atomic mass is 10.3. The molecule has 6 heteroatoms. The van der Waals surface area contributed by atoms with Crippen molar-refractivity contribution >= 4 is 0 Å². The van der Waals surface area contributed by atoms with Gasteiger partial charge in [-0.15, -0.1) is 0 Å². The van der Waals surface area contributed by atoms with E-state index in [4.69, 9.17) is 4.52 Å². The molecule has 0 aliphatic heterocycles. The molecule has 0 radical (unpaired) electrons. The number of aromatic nitrogens is 2. The second-order valence-corrected chi connectivity index (χ2v) is 4.37. The van der Waals surface area contributed by atoms with E-state index in [2.05, 4.69) is 15.5 Å². The van der Waals surface area contributed by atoms with Gasteiger partial charge in [0.25, 0.3) is 0 Å². The number of hydrogen-bond donors (Lipinski definition) is 2. The predicted molar refractivity (Wildman–Crippen MR) is 60.2 cm³/mol. The number of rotatable bonds is 6. The average molecular weight is 229 g/mol. The summed E-state index contributed by atoms with van der Waals surface area (Å²) in [5, 5.41) is 5.81. The molecule has 0 saturated heterocycles. The fourth-order valence-electron chi connectivity index (χ4n) is 1.39. The van der Waals surface area contributed by atoms with Gasteiger partial charge in [-0.3, -0.25) is 4.52 Å². The van der Waals surface area contributed by atoms with Crippen LogP contribution in [0.1, 0.15) is 25.6 Å². The van der Waals surface area contributed by atoms with E-state index in [1.807, 2.05) is 27.9 Å². The molecule has 1 rings (SSSR count). The highest BCUT2D eigenvalue weighted by Gasteiger charge is 2.22. The summed E-state index contributed by atoms with van der Waals surface area (Å²) in [5.41, 5.74) is 0.333. The SMILES string of the molecule is CC(C)[n+]1[nH]oc(=O)c1CNCCN(C)C. The summed E-state index contributed by atoms with van der Waals surface area (Å²) in [6, 6.07) is 0.192. The Morgan fingerprint density at radius 1 is 1.50 bits per heavy atom. The highest BCUT2D eigenvalue weighted by atomic mass is 16.5. The number of likely N-dealkylation sites (N-methyl/N-ethyl adjacent to an activating group) is 1. The Balaban J connectivity index is 2.53. The van der Waals surface area contributed by atoms with E-state index in [1.54, 1.807) is 4.68 Å². The van der Waals surface area contributed by atoms with E-state index in [1.165, 1.54) is 0 Å². The largest absolute Gasteiger partial charge is 0.431 e. The van der Waals surface area contributed by atoms with Gasteiger partial charge in [-0.2, -0.15) is 0 Å². The van der Waals surface area contributed by atoms with Crippen molar-refractivity contribution in [3.63, 3.8) is 0 Å². The van der Waals surface area contributed by atoms with E-state index in [-0.39, 0.29) is 11.7 Å². The zero-order chi connectivity index (χ0) is 12.1. The van der Waals surface area contributed by atoms with Gasteiger partial charge in [0, 0.05) is 13.1 Å². The van der Waals surface area contributed by atoms with Gasteiger partial charge in [0.05, 0.1) is 6.54 Å². The molecule has 0 fully saturated rings. The molecule has 0 saturated carbocycles. The Morgan fingerprint density at radius 2 is 2.19 bits per heavy atom. The van der Waals surface area contributed by atoms with Gasteiger partial charge in [-0.1, -0.05) is 4.68 Å². The van der Waals surface area contributed by atoms with Crippen LogP contribution in [-0.4, -0.2) is 37.4 Å². The normalized spacial score (nSPS) is 11.6. The van der Waals surface area contributed by atoms with Crippen LogP contribution in [0.2, 0.25) is 0 Å². The van der Waals surface area contributed by atoms with Gasteiger partial charge in [0.2, 0.25) is 0 Å². The van der Waals surface area contributed by atoms with E-state index in [9.17, 15) is 4.79 Å². The van der Waals surface area contributed by atoms with Gasteiger partial charge < -0.3 is 10.2 Å². The van der Waals surface area contributed by atoms with E-state index < -0.39 is 0 Å². The van der Waals surface area contributed by atoms with Crippen LogP contribution in [0.25, 0.3) is 0 Å². The Labute approximate surface area is 95.2 Å². The Kier molecular flexibility index (Phi) is 4.70. The standard InChI is InChI=1S/C10H20N4O2/c1-8(2)14-9(10(15)16-12-14)7-11-5-6-13(3)4/h8,11H,5-7H2,1-4H3/p+1. The molecule has 0 aliphatic carbocycles. The molecular weight excluding hydrogens is 208 g/mol. The molecule has 0 aliphatic rings. The molecule has 16 heavy (non-hydrogen) atoms. The van der Waals surface area contributed by atoms with Crippen molar-refractivity contribution in [1.29, 1.82) is 0 Å². The summed E-state index contributed by atoms with van der Waals surface area (Å²) >= 11 is 0. The molecule has 0 unspecified atom stereocenters. The van der Waals surface area contributed by atoms with Gasteiger partial charge in [-0.25, -0.2) is 4.79 Å². The molecule has 0 atom stereocenters. The lowest BCUT2D eigenvalue weighted by Crippen LogP contribution is -2.45. The van der Waals surface area contributed by atoms with E-state index in [0.717, 1.165) is 13.1 Å². The topological polar surface area (TPSA) is 65.2 Å². The molecule has 1 aromatic heterocycles. The third kappa shape index (κ3) is 3.46. The second kappa shape index (κ2) is 5.81. The van der Waals surface area contributed by atoms with Crippen LogP contribution in [-0.2, 0) is 6.54 Å². The molecule has 92 valence electrons. The number of aromatic amines is 1. The van der Waals surface area contributed by atoms with Crippen LogP contribution >= 0.6 is 0 Å². The monoisotopic (exact) mass is 229 g/mol. The summed E-state index contributed by atoms with van der Waals surface area (Å²) in [6.07, 6.45) is 0. The molecule has 2 N–H and O–H groups in total. The van der Waals surface area contributed by atoms with Crippen molar-refractivity contribution in [1.82, 2.24) is 15.5 Å². The van der Waals surface area contributed by atoms with Gasteiger partial charge in [0.15, 0.2) is 6.04 Å². The number of hydrogen-bond acceptors (Lipinski definition) is 4. The van der Waals surface area contributed by atoms with Gasteiger partial charge >= 0.3 is 11.3 Å². The third-order valence-electron chi connectivity index (χ3n) is 2.31. The molecule has 1 heterocycles. The molecule has 0 bridgehead atoms. The highest BCUT2D eigenvalue weighted by molar-refractivity contribution is 4.82. The third-order valence-corrected chi connectivity index (χ3v) is 2.31. The van der Waals surface area contributed by atoms with Crippen molar-refractivity contribution < 1.29 is 9.20 Å². The predicted octanol–water partition coefficient (Wildman–Crippen LogP) is -0.512. The van der Waals surface area contributed by atoms with Crippen LogP contribution in [0.15, 0.2) is 9.32 Å². The van der Waals surface area contributed by atoms with Crippen molar-refractivity contribution in [3.8, 4) is 0 Å². The Morgan fingerprint density at radius 3 is 2.75 bits per heavy atom. The molecule has 0 spiro atoms. The first-order valence-electron chi connectivity index (χ1n) is 5.49. The van der Waals surface area contributed by atoms with E-state index in [0.29, 0.717) is 12.2 Å². The highest BCUT2D eigenvalue weighted by Crippen LogP contribution is 1.91. The molecular formula is C10H21N4O2+. The molecule has 0 amide bonds. The smallest absolute Gasteiger partial charge is 0.308 e. The minimum Gasteiger partial charge on any atom is -0.308 e. The number of nitrogens with zero attached hydrogens (tertiary/aromatic N) is 2. The zero-order valence-electron chi connectivity index (χ0n) is 10.4. The first-order valence-corrected chi connectivity index (χ1v) is 5.49. The van der Waals surface area contributed by atoms with Crippen molar-refractivity contribution in [2.75, 3.05) is 27.2 Å². The molecule has 6 nitrogen and oxygen atoms in total. The molecule has 1 aromatic rings. The lowest BCUT2D eigenvalue weighted by Gasteiger charge is -2.08. The zero-order valence-corrected chi connectivity index (χ0v) is 10.4. The van der Waals surface area contributed by atoms with Crippen LogP contribution in [0.3, 0.4) is 0 Å². The van der Waals surface area contributed by atoms with Crippen LogP contribution in [0, 0.1) is 0 Å². The minimum atomic E-state index is -0.300. The summed E-state index contributed by atoms with van der Waals surface area (Å²) < 4.78 is 6.51. The quantitative estimate of drug-likeness (QED) is 0.509. The maximum Gasteiger partial charge on any atom is 0.431 e. The average Bonchev–Trinajstić information content (AvgIpc) is 2.54. The fourth-order valence-corrected chi connectivity index (χ4v) is 1.39. The van der Waals surface area contributed by atoms with Gasteiger partial charge in [0.1, 0.15) is 0 Å². The van der Waals surface area contributed by atoms with E-state index >= 15 is 0 Å². The second-order valence-electron chi connectivity index (χ2n) is 4.37.